The minimum absolute atomic E-state index is 0.0575. The van der Waals surface area contributed by atoms with Crippen LogP contribution in [0, 0.1) is 11.8 Å². The maximum atomic E-state index is 13.5. The molecule has 1 aromatic heterocycles. The summed E-state index contributed by atoms with van der Waals surface area (Å²) in [5.74, 6) is -0.410. The van der Waals surface area contributed by atoms with Crippen molar-refractivity contribution in [2.45, 2.75) is 95.7 Å². The van der Waals surface area contributed by atoms with E-state index in [4.69, 9.17) is 0 Å². The summed E-state index contributed by atoms with van der Waals surface area (Å²) in [6.07, 6.45) is 12.1. The highest BCUT2D eigenvalue weighted by atomic mass is 16.2. The van der Waals surface area contributed by atoms with Crippen molar-refractivity contribution in [1.82, 2.24) is 30.6 Å². The summed E-state index contributed by atoms with van der Waals surface area (Å²) in [7, 11) is 1.70. The number of aromatic nitrogens is 2. The van der Waals surface area contributed by atoms with E-state index < -0.39 is 12.1 Å². The highest BCUT2D eigenvalue weighted by molar-refractivity contribution is 6.00. The Hall–Kier alpha value is -3.73. The lowest BCUT2D eigenvalue weighted by molar-refractivity contribution is -0.128. The Balaban J connectivity index is 1.19. The molecule has 3 aliphatic rings. The molecule has 1 aromatic carbocycles. The number of hydrogen-bond donors (Lipinski definition) is 4. The Kier molecular flexibility index (Phi) is 11.3. The van der Waals surface area contributed by atoms with E-state index in [9.17, 15) is 19.2 Å². The fourth-order valence-corrected chi connectivity index (χ4v) is 7.24. The molecule has 1 saturated carbocycles. The molecule has 5 rings (SSSR count). The molecule has 2 unspecified atom stereocenters. The van der Waals surface area contributed by atoms with E-state index in [0.29, 0.717) is 42.7 Å². The van der Waals surface area contributed by atoms with Gasteiger partial charge in [-0.1, -0.05) is 44.7 Å². The molecule has 3 heterocycles. The van der Waals surface area contributed by atoms with Crippen LogP contribution in [0.15, 0.2) is 36.5 Å². The number of carbonyl (C=O) groups is 4. The van der Waals surface area contributed by atoms with Gasteiger partial charge < -0.3 is 26.2 Å². The lowest BCUT2D eigenvalue weighted by Gasteiger charge is -2.30. The van der Waals surface area contributed by atoms with Crippen LogP contribution in [0.3, 0.4) is 0 Å². The van der Waals surface area contributed by atoms with Gasteiger partial charge in [0.25, 0.3) is 5.91 Å². The van der Waals surface area contributed by atoms with Gasteiger partial charge in [0.1, 0.15) is 17.8 Å². The summed E-state index contributed by atoms with van der Waals surface area (Å²) in [5.41, 5.74) is 1.88. The molecule has 4 atom stereocenters. The number of nitrogens with one attached hydrogen (secondary N) is 4. The van der Waals surface area contributed by atoms with Gasteiger partial charge in [0.2, 0.25) is 17.7 Å². The molecule has 0 spiro atoms. The molecule has 4 N–H and O–H groups in total. The van der Waals surface area contributed by atoms with Gasteiger partial charge in [-0.2, -0.15) is 5.10 Å². The van der Waals surface area contributed by atoms with Gasteiger partial charge in [-0.3, -0.25) is 23.9 Å². The van der Waals surface area contributed by atoms with Gasteiger partial charge >= 0.3 is 0 Å². The number of piperidine rings is 1. The molecule has 11 heteroatoms. The van der Waals surface area contributed by atoms with Crippen molar-refractivity contribution >= 4 is 29.3 Å². The zero-order chi connectivity index (χ0) is 31.8. The highest BCUT2D eigenvalue weighted by Crippen LogP contribution is 2.30. The van der Waals surface area contributed by atoms with E-state index in [1.807, 2.05) is 12.1 Å². The number of aryl methyl sites for hydroxylation is 1. The minimum atomic E-state index is -0.681. The van der Waals surface area contributed by atoms with Crippen LogP contribution in [0.1, 0.15) is 87.2 Å². The number of rotatable bonds is 12. The van der Waals surface area contributed by atoms with Gasteiger partial charge in [-0.15, -0.1) is 0 Å². The Morgan fingerprint density at radius 1 is 0.933 bits per heavy atom. The van der Waals surface area contributed by atoms with Crippen molar-refractivity contribution in [2.24, 2.45) is 18.9 Å². The Bertz CT molecular complexity index is 1310. The Labute approximate surface area is 266 Å². The van der Waals surface area contributed by atoms with E-state index in [-0.39, 0.29) is 29.5 Å². The summed E-state index contributed by atoms with van der Waals surface area (Å²) in [6, 6.07) is 8.28. The zero-order valence-electron chi connectivity index (χ0n) is 26.7. The van der Waals surface area contributed by atoms with Gasteiger partial charge in [0.05, 0.1) is 0 Å². The first-order valence-corrected chi connectivity index (χ1v) is 16.8. The topological polar surface area (TPSA) is 137 Å². The van der Waals surface area contributed by atoms with E-state index in [0.717, 1.165) is 57.2 Å². The van der Waals surface area contributed by atoms with Crippen LogP contribution in [0.4, 0.5) is 5.69 Å². The summed E-state index contributed by atoms with van der Waals surface area (Å²) in [5, 5.41) is 16.1. The van der Waals surface area contributed by atoms with Gasteiger partial charge in [-0.05, 0) is 74.2 Å². The maximum absolute atomic E-state index is 13.5. The average molecular weight is 620 g/mol. The molecule has 2 aromatic rings. The summed E-state index contributed by atoms with van der Waals surface area (Å²) in [6.45, 7) is 4.57. The molecule has 1 aliphatic carbocycles. The Morgan fingerprint density at radius 2 is 1.69 bits per heavy atom. The second-order valence-electron chi connectivity index (χ2n) is 13.0. The zero-order valence-corrected chi connectivity index (χ0v) is 26.7. The summed E-state index contributed by atoms with van der Waals surface area (Å²) < 4.78 is 1.50. The molecule has 0 radical (unpaired) electrons. The normalized spacial score (nSPS) is 21.7. The van der Waals surface area contributed by atoms with Crippen LogP contribution < -0.4 is 21.3 Å². The third-order valence-electron chi connectivity index (χ3n) is 9.79. The van der Waals surface area contributed by atoms with Crippen molar-refractivity contribution in [3.63, 3.8) is 0 Å². The molecule has 4 amide bonds. The largest absolute Gasteiger partial charge is 0.354 e. The molecular formula is C34H49N7O4. The van der Waals surface area contributed by atoms with Crippen molar-refractivity contribution in [1.29, 1.82) is 0 Å². The standard InChI is InChI=1S/C34H49N7O4/c1-3-30(42)38-28(32(43)35-21-24-19-27-11-7-8-18-41(27)22-24)20-23-12-14-26(15-13-23)37-34(45)31(25-9-5-4-6-10-25)39-33(44)29-16-17-36-40(29)2/h12-17,24-25,27-28,31H,3-11,18-22H2,1-2H3,(H,35,43)(H,37,45)(H,38,42)(H,39,44)/t24?,27?,28-,31+/m1/s1. The van der Waals surface area contributed by atoms with Crippen molar-refractivity contribution in [3.8, 4) is 0 Å². The number of anilines is 1. The molecule has 0 bridgehead atoms. The fourth-order valence-electron chi connectivity index (χ4n) is 7.24. The van der Waals surface area contributed by atoms with Crippen molar-refractivity contribution in [2.75, 3.05) is 25.0 Å². The van der Waals surface area contributed by atoms with Crippen molar-refractivity contribution in [3.05, 3.63) is 47.8 Å². The quantitative estimate of drug-likeness (QED) is 0.288. The van der Waals surface area contributed by atoms with Crippen molar-refractivity contribution < 1.29 is 19.2 Å². The molecule has 2 saturated heterocycles. The summed E-state index contributed by atoms with van der Waals surface area (Å²) in [4.78, 5) is 54.7. The van der Waals surface area contributed by atoms with Crippen LogP contribution in [0.2, 0.25) is 0 Å². The van der Waals surface area contributed by atoms with E-state index >= 15 is 0 Å². The number of hydrogen-bond acceptors (Lipinski definition) is 6. The third kappa shape index (κ3) is 8.71. The monoisotopic (exact) mass is 619 g/mol. The third-order valence-corrected chi connectivity index (χ3v) is 9.79. The van der Waals surface area contributed by atoms with Gasteiger partial charge in [0.15, 0.2) is 0 Å². The maximum Gasteiger partial charge on any atom is 0.270 e. The highest BCUT2D eigenvalue weighted by Gasteiger charge is 2.34. The number of carbonyl (C=O) groups excluding carboxylic acids is 4. The van der Waals surface area contributed by atoms with Crippen LogP contribution in [0.25, 0.3) is 0 Å². The molecule has 45 heavy (non-hydrogen) atoms. The molecule has 11 nitrogen and oxygen atoms in total. The number of amides is 4. The van der Waals surface area contributed by atoms with Gasteiger partial charge in [-0.25, -0.2) is 0 Å². The number of benzene rings is 1. The van der Waals surface area contributed by atoms with E-state index in [2.05, 4.69) is 31.3 Å². The smallest absolute Gasteiger partial charge is 0.270 e. The predicted molar refractivity (Wildman–Crippen MR) is 172 cm³/mol. The second-order valence-corrected chi connectivity index (χ2v) is 13.0. The average Bonchev–Trinajstić information content (AvgIpc) is 3.68. The SMILES string of the molecule is CCC(=O)N[C@H](Cc1ccc(NC(=O)[C@@H](NC(=O)c2ccnn2C)C2CCCCC2)cc1)C(=O)NCC1CC2CCCCN2C1. The minimum Gasteiger partial charge on any atom is -0.354 e. The van der Waals surface area contributed by atoms with E-state index in [1.165, 1.54) is 23.9 Å². The number of nitrogens with zero attached hydrogens (tertiary/aromatic N) is 3. The Morgan fingerprint density at radius 3 is 2.38 bits per heavy atom. The molecule has 3 fully saturated rings. The first kappa shape index (κ1) is 32.7. The lowest BCUT2D eigenvalue weighted by atomic mass is 9.83. The predicted octanol–water partition coefficient (Wildman–Crippen LogP) is 3.17. The number of fused-ring (bicyclic) bond motifs is 1. The first-order valence-electron chi connectivity index (χ1n) is 16.8. The molecule has 2 aliphatic heterocycles. The van der Waals surface area contributed by atoms with E-state index in [1.54, 1.807) is 38.4 Å². The molecule has 244 valence electrons. The van der Waals surface area contributed by atoms with Crippen LogP contribution in [-0.4, -0.2) is 76.1 Å². The summed E-state index contributed by atoms with van der Waals surface area (Å²) >= 11 is 0. The second kappa shape index (κ2) is 15.5. The lowest BCUT2D eigenvalue weighted by Crippen LogP contribution is -2.49. The van der Waals surface area contributed by atoms with Crippen LogP contribution in [-0.2, 0) is 27.9 Å². The van der Waals surface area contributed by atoms with Crippen LogP contribution >= 0.6 is 0 Å². The molecular weight excluding hydrogens is 570 g/mol. The van der Waals surface area contributed by atoms with Gasteiger partial charge in [0, 0.05) is 50.9 Å². The first-order chi connectivity index (χ1) is 21.8. The van der Waals surface area contributed by atoms with Crippen LogP contribution in [0.5, 0.6) is 0 Å². The fraction of sp³-hybridized carbons (Fsp3) is 0.618.